The Morgan fingerprint density at radius 2 is 2.14 bits per heavy atom. The van der Waals surface area contributed by atoms with Gasteiger partial charge in [0.15, 0.2) is 0 Å². The SMILES string of the molecule is CC(C)OC(=O)c1ccc(F)cc1Cl. The third kappa shape index (κ3) is 2.70. The summed E-state index contributed by atoms with van der Waals surface area (Å²) in [5, 5.41) is 0.0654. The number of rotatable bonds is 2. The lowest BCUT2D eigenvalue weighted by Crippen LogP contribution is -2.12. The number of carbonyl (C=O) groups is 1. The summed E-state index contributed by atoms with van der Waals surface area (Å²) in [7, 11) is 0. The van der Waals surface area contributed by atoms with Crippen molar-refractivity contribution in [2.45, 2.75) is 20.0 Å². The Bertz CT molecular complexity index is 350. The van der Waals surface area contributed by atoms with Crippen molar-refractivity contribution >= 4 is 17.6 Å². The molecule has 0 saturated carbocycles. The van der Waals surface area contributed by atoms with Crippen LogP contribution in [0.4, 0.5) is 4.39 Å². The van der Waals surface area contributed by atoms with E-state index in [1.807, 2.05) is 0 Å². The zero-order valence-corrected chi connectivity index (χ0v) is 8.64. The van der Waals surface area contributed by atoms with Crippen LogP contribution in [0.25, 0.3) is 0 Å². The Hall–Kier alpha value is -1.09. The summed E-state index contributed by atoms with van der Waals surface area (Å²) in [5.41, 5.74) is 0.182. The molecule has 0 bridgehead atoms. The van der Waals surface area contributed by atoms with Gasteiger partial charge in [-0.25, -0.2) is 9.18 Å². The molecule has 1 aromatic rings. The van der Waals surface area contributed by atoms with Gasteiger partial charge >= 0.3 is 5.97 Å². The minimum absolute atomic E-state index is 0.0654. The Labute approximate surface area is 86.6 Å². The molecule has 1 aromatic carbocycles. The van der Waals surface area contributed by atoms with Gasteiger partial charge in [0, 0.05) is 0 Å². The van der Waals surface area contributed by atoms with Crippen LogP contribution in [0, 0.1) is 5.82 Å². The van der Waals surface area contributed by atoms with Crippen molar-refractivity contribution in [3.05, 3.63) is 34.6 Å². The lowest BCUT2D eigenvalue weighted by atomic mass is 10.2. The van der Waals surface area contributed by atoms with E-state index in [0.29, 0.717) is 0 Å². The first kappa shape index (κ1) is 11.0. The smallest absolute Gasteiger partial charge is 0.339 e. The molecule has 0 aliphatic carbocycles. The molecule has 4 heteroatoms. The molecule has 0 saturated heterocycles. The maximum atomic E-state index is 12.6. The van der Waals surface area contributed by atoms with E-state index in [1.54, 1.807) is 13.8 Å². The van der Waals surface area contributed by atoms with Crippen LogP contribution in [0.15, 0.2) is 18.2 Å². The number of hydrogen-bond donors (Lipinski definition) is 0. The minimum atomic E-state index is -0.537. The molecule has 0 heterocycles. The fraction of sp³-hybridized carbons (Fsp3) is 0.300. The number of ether oxygens (including phenoxy) is 1. The van der Waals surface area contributed by atoms with Crippen molar-refractivity contribution in [3.8, 4) is 0 Å². The van der Waals surface area contributed by atoms with Gasteiger partial charge in [-0.15, -0.1) is 0 Å². The fourth-order valence-corrected chi connectivity index (χ4v) is 1.18. The molecule has 0 N–H and O–H groups in total. The van der Waals surface area contributed by atoms with E-state index in [4.69, 9.17) is 16.3 Å². The summed E-state index contributed by atoms with van der Waals surface area (Å²) in [5.74, 6) is -1.01. The highest BCUT2D eigenvalue weighted by atomic mass is 35.5. The van der Waals surface area contributed by atoms with E-state index in [9.17, 15) is 9.18 Å². The topological polar surface area (TPSA) is 26.3 Å². The van der Waals surface area contributed by atoms with Crippen LogP contribution in [0.2, 0.25) is 5.02 Å². The van der Waals surface area contributed by atoms with Crippen LogP contribution < -0.4 is 0 Å². The monoisotopic (exact) mass is 216 g/mol. The van der Waals surface area contributed by atoms with Crippen molar-refractivity contribution in [1.29, 1.82) is 0 Å². The van der Waals surface area contributed by atoms with Gasteiger partial charge in [0.1, 0.15) is 5.82 Å². The first-order valence-corrected chi connectivity index (χ1v) is 4.54. The van der Waals surface area contributed by atoms with Crippen LogP contribution in [0.3, 0.4) is 0 Å². The van der Waals surface area contributed by atoms with Gasteiger partial charge in [0.25, 0.3) is 0 Å². The fourth-order valence-electron chi connectivity index (χ4n) is 0.933. The average Bonchev–Trinajstić information content (AvgIpc) is 2.01. The number of carbonyl (C=O) groups excluding carboxylic acids is 1. The largest absolute Gasteiger partial charge is 0.459 e. The molecule has 14 heavy (non-hydrogen) atoms. The maximum Gasteiger partial charge on any atom is 0.339 e. The van der Waals surface area contributed by atoms with E-state index in [0.717, 1.165) is 6.07 Å². The first-order valence-electron chi connectivity index (χ1n) is 4.16. The molecule has 2 nitrogen and oxygen atoms in total. The minimum Gasteiger partial charge on any atom is -0.459 e. The van der Waals surface area contributed by atoms with Gasteiger partial charge in [-0.1, -0.05) is 11.6 Å². The molecule has 0 aliphatic heterocycles. The third-order valence-electron chi connectivity index (χ3n) is 1.49. The molecule has 0 atom stereocenters. The van der Waals surface area contributed by atoms with E-state index in [2.05, 4.69) is 0 Å². The predicted octanol–water partition coefficient (Wildman–Crippen LogP) is 3.04. The van der Waals surface area contributed by atoms with Gasteiger partial charge in [0.05, 0.1) is 16.7 Å². The second-order valence-electron chi connectivity index (χ2n) is 3.08. The molecule has 1 rings (SSSR count). The van der Waals surface area contributed by atoms with Crippen molar-refractivity contribution in [1.82, 2.24) is 0 Å². The Balaban J connectivity index is 2.90. The summed E-state index contributed by atoms with van der Waals surface area (Å²) < 4.78 is 17.5. The van der Waals surface area contributed by atoms with Gasteiger partial charge < -0.3 is 4.74 Å². The predicted molar refractivity (Wildman–Crippen MR) is 52.0 cm³/mol. The molecule has 0 amide bonds. The Morgan fingerprint density at radius 1 is 1.50 bits per heavy atom. The van der Waals surface area contributed by atoms with Gasteiger partial charge in [-0.2, -0.15) is 0 Å². The molecule has 0 fully saturated rings. The van der Waals surface area contributed by atoms with Gasteiger partial charge in [-0.05, 0) is 32.0 Å². The molecule has 0 spiro atoms. The maximum absolute atomic E-state index is 12.6. The quantitative estimate of drug-likeness (QED) is 0.711. The van der Waals surface area contributed by atoms with E-state index < -0.39 is 11.8 Å². The van der Waals surface area contributed by atoms with Crippen LogP contribution in [0.1, 0.15) is 24.2 Å². The number of benzene rings is 1. The standard InChI is InChI=1S/C10H10ClFO2/c1-6(2)14-10(13)8-4-3-7(12)5-9(8)11/h3-6H,1-2H3. The van der Waals surface area contributed by atoms with E-state index in [-0.39, 0.29) is 16.7 Å². The molecule has 0 unspecified atom stereocenters. The molecular formula is C10H10ClFO2. The lowest BCUT2D eigenvalue weighted by Gasteiger charge is -2.08. The highest BCUT2D eigenvalue weighted by molar-refractivity contribution is 6.33. The Kier molecular flexibility index (Phi) is 3.47. The zero-order valence-electron chi connectivity index (χ0n) is 7.88. The van der Waals surface area contributed by atoms with Gasteiger partial charge in [-0.3, -0.25) is 0 Å². The molecule has 0 aromatic heterocycles. The average molecular weight is 217 g/mol. The Morgan fingerprint density at radius 3 is 2.64 bits per heavy atom. The second-order valence-corrected chi connectivity index (χ2v) is 3.49. The summed E-state index contributed by atoms with van der Waals surface area (Å²) in [6.45, 7) is 3.46. The zero-order chi connectivity index (χ0) is 10.7. The molecule has 0 aliphatic rings. The van der Waals surface area contributed by atoms with Crippen molar-refractivity contribution in [3.63, 3.8) is 0 Å². The lowest BCUT2D eigenvalue weighted by molar-refractivity contribution is 0.0378. The third-order valence-corrected chi connectivity index (χ3v) is 1.81. The normalized spacial score (nSPS) is 10.4. The number of halogens is 2. The van der Waals surface area contributed by atoms with Gasteiger partial charge in [0.2, 0.25) is 0 Å². The number of hydrogen-bond acceptors (Lipinski definition) is 2. The van der Waals surface area contributed by atoms with Crippen molar-refractivity contribution in [2.75, 3.05) is 0 Å². The molecule has 76 valence electrons. The van der Waals surface area contributed by atoms with E-state index >= 15 is 0 Å². The summed E-state index contributed by atoms with van der Waals surface area (Å²) >= 11 is 5.67. The summed E-state index contributed by atoms with van der Waals surface area (Å²) in [6, 6.07) is 3.56. The second kappa shape index (κ2) is 4.42. The van der Waals surface area contributed by atoms with Crippen LogP contribution in [0.5, 0.6) is 0 Å². The van der Waals surface area contributed by atoms with Crippen molar-refractivity contribution in [2.24, 2.45) is 0 Å². The van der Waals surface area contributed by atoms with Crippen molar-refractivity contribution < 1.29 is 13.9 Å². The summed E-state index contributed by atoms with van der Waals surface area (Å²) in [6.07, 6.45) is -0.219. The summed E-state index contributed by atoms with van der Waals surface area (Å²) in [4.78, 5) is 11.4. The van der Waals surface area contributed by atoms with Crippen LogP contribution in [-0.2, 0) is 4.74 Å². The highest BCUT2D eigenvalue weighted by Crippen LogP contribution is 2.18. The van der Waals surface area contributed by atoms with E-state index in [1.165, 1.54) is 12.1 Å². The highest BCUT2D eigenvalue weighted by Gasteiger charge is 2.13. The van der Waals surface area contributed by atoms with Crippen LogP contribution in [-0.4, -0.2) is 12.1 Å². The van der Waals surface area contributed by atoms with Crippen LogP contribution >= 0.6 is 11.6 Å². The molecule has 0 radical (unpaired) electrons. The number of esters is 1. The molecular weight excluding hydrogens is 207 g/mol. The first-order chi connectivity index (χ1) is 6.50.